The number of nitrogens with one attached hydrogen (secondary N) is 1. The quantitative estimate of drug-likeness (QED) is 0.526. The molecule has 0 unspecified atom stereocenters. The molecule has 0 spiro atoms. The smallest absolute Gasteiger partial charge is 0.287 e. The van der Waals surface area contributed by atoms with Crippen LogP contribution in [-0.4, -0.2) is 10.1 Å². The lowest BCUT2D eigenvalue weighted by Gasteiger charge is -1.88. The predicted octanol–water partition coefficient (Wildman–Crippen LogP) is 0.220. The zero-order chi connectivity index (χ0) is 6.85. The van der Waals surface area contributed by atoms with Crippen LogP contribution < -0.4 is 5.56 Å². The van der Waals surface area contributed by atoms with Gasteiger partial charge in [-0.25, -0.2) is 0 Å². The summed E-state index contributed by atoms with van der Waals surface area (Å²) in [7, 11) is 0. The molecule has 0 bridgehead atoms. The highest BCUT2D eigenvalue weighted by atomic mass is 19.1. The highest BCUT2D eigenvalue weighted by Crippen LogP contribution is 2.05. The summed E-state index contributed by atoms with van der Waals surface area (Å²) in [6.07, 6.45) is 1.17. The predicted molar refractivity (Wildman–Crippen MR) is 28.7 cm³/mol. The van der Waals surface area contributed by atoms with Crippen LogP contribution in [0.3, 0.4) is 0 Å². The zero-order valence-electron chi connectivity index (χ0n) is 4.39. The molecule has 0 aromatic carbocycles. The third-order valence-electron chi connectivity index (χ3n) is 0.880. The van der Waals surface area contributed by atoms with Crippen LogP contribution >= 0.6 is 0 Å². The van der Waals surface area contributed by atoms with Crippen molar-refractivity contribution >= 4 is 0 Å². The first-order valence-corrected chi connectivity index (χ1v) is 2.28. The minimum Gasteiger partial charge on any atom is -0.505 e. The van der Waals surface area contributed by atoms with Crippen LogP contribution in [0, 0.1) is 5.82 Å². The van der Waals surface area contributed by atoms with Gasteiger partial charge in [-0.15, -0.1) is 0 Å². The lowest BCUT2D eigenvalue weighted by molar-refractivity contribution is 0.426. The van der Waals surface area contributed by atoms with Gasteiger partial charge in [0, 0.05) is 6.20 Å². The lowest BCUT2D eigenvalue weighted by Crippen LogP contribution is -2.08. The Labute approximate surface area is 49.8 Å². The van der Waals surface area contributed by atoms with Crippen molar-refractivity contribution < 1.29 is 9.50 Å². The van der Waals surface area contributed by atoms with Gasteiger partial charge in [0.05, 0.1) is 0 Å². The molecule has 0 fully saturated rings. The van der Waals surface area contributed by atoms with E-state index in [-0.39, 0.29) is 0 Å². The summed E-state index contributed by atoms with van der Waals surface area (Å²) in [5, 5.41) is 8.51. The molecule has 1 aromatic rings. The number of aromatic hydroxyl groups is 1. The van der Waals surface area contributed by atoms with Crippen molar-refractivity contribution in [3.8, 4) is 5.75 Å². The molecule has 0 aliphatic carbocycles. The number of hydrogen-bond donors (Lipinski definition) is 2. The molecular formula is C5H4FNO2. The van der Waals surface area contributed by atoms with Crippen molar-refractivity contribution in [2.75, 3.05) is 0 Å². The van der Waals surface area contributed by atoms with E-state index in [2.05, 4.69) is 0 Å². The number of hydrogen-bond acceptors (Lipinski definition) is 2. The molecule has 48 valence electrons. The molecule has 9 heavy (non-hydrogen) atoms. The fourth-order valence-corrected chi connectivity index (χ4v) is 0.449. The van der Waals surface area contributed by atoms with Crippen molar-refractivity contribution in [2.24, 2.45) is 0 Å². The largest absolute Gasteiger partial charge is 0.505 e. The molecule has 1 rings (SSSR count). The summed E-state index contributed by atoms with van der Waals surface area (Å²) in [6, 6.07) is 1.07. The summed E-state index contributed by atoms with van der Waals surface area (Å²) >= 11 is 0. The summed E-state index contributed by atoms with van der Waals surface area (Å²) in [5.74, 6) is -1.77. The molecule has 1 heterocycles. The molecule has 0 amide bonds. The Morgan fingerprint density at radius 2 is 2.33 bits per heavy atom. The first-order chi connectivity index (χ1) is 4.22. The van der Waals surface area contributed by atoms with Crippen LogP contribution in [-0.2, 0) is 0 Å². The first kappa shape index (κ1) is 5.81. The van der Waals surface area contributed by atoms with Gasteiger partial charge in [0.25, 0.3) is 5.56 Å². The Bertz CT molecular complexity index is 268. The maximum atomic E-state index is 12.1. The van der Waals surface area contributed by atoms with E-state index in [9.17, 15) is 9.18 Å². The van der Waals surface area contributed by atoms with E-state index in [1.165, 1.54) is 6.20 Å². The second kappa shape index (κ2) is 1.89. The van der Waals surface area contributed by atoms with Crippen molar-refractivity contribution in [3.63, 3.8) is 0 Å². The Balaban J connectivity index is 3.43. The average Bonchev–Trinajstić information content (AvgIpc) is 1.83. The number of halogens is 1. The van der Waals surface area contributed by atoms with Crippen LogP contribution in [0.5, 0.6) is 5.75 Å². The number of aromatic amines is 1. The lowest BCUT2D eigenvalue weighted by atomic mass is 10.4. The van der Waals surface area contributed by atoms with Crippen LogP contribution in [0.25, 0.3) is 0 Å². The molecule has 0 aliphatic rings. The van der Waals surface area contributed by atoms with Gasteiger partial charge in [-0.05, 0) is 6.07 Å². The highest BCUT2D eigenvalue weighted by molar-refractivity contribution is 5.17. The monoisotopic (exact) mass is 129 g/mol. The fraction of sp³-hybridized carbons (Fsp3) is 0. The molecule has 0 atom stereocenters. The van der Waals surface area contributed by atoms with E-state index < -0.39 is 17.1 Å². The molecule has 2 N–H and O–H groups in total. The SMILES string of the molecule is O=c1[nH]ccc(O)c1F. The van der Waals surface area contributed by atoms with Crippen molar-refractivity contribution in [2.45, 2.75) is 0 Å². The van der Waals surface area contributed by atoms with Crippen molar-refractivity contribution in [1.29, 1.82) is 0 Å². The van der Waals surface area contributed by atoms with Gasteiger partial charge in [-0.1, -0.05) is 0 Å². The second-order valence-corrected chi connectivity index (χ2v) is 1.51. The molecule has 0 saturated heterocycles. The van der Waals surface area contributed by atoms with Gasteiger partial charge in [0.1, 0.15) is 0 Å². The average molecular weight is 129 g/mol. The van der Waals surface area contributed by atoms with Gasteiger partial charge >= 0.3 is 0 Å². The number of H-pyrrole nitrogens is 1. The van der Waals surface area contributed by atoms with Gasteiger partial charge in [-0.2, -0.15) is 4.39 Å². The van der Waals surface area contributed by atoms with E-state index in [4.69, 9.17) is 5.11 Å². The van der Waals surface area contributed by atoms with E-state index in [1.54, 1.807) is 0 Å². The van der Waals surface area contributed by atoms with E-state index in [0.717, 1.165) is 6.07 Å². The topological polar surface area (TPSA) is 53.1 Å². The van der Waals surface area contributed by atoms with Crippen molar-refractivity contribution in [1.82, 2.24) is 4.98 Å². The molecular weight excluding hydrogens is 125 g/mol. The van der Waals surface area contributed by atoms with Crippen LogP contribution in [0.1, 0.15) is 0 Å². The van der Waals surface area contributed by atoms with E-state index >= 15 is 0 Å². The minimum absolute atomic E-state index is 0.626. The minimum atomic E-state index is -1.14. The summed E-state index contributed by atoms with van der Waals surface area (Å²) in [6.45, 7) is 0. The molecule has 1 aromatic heterocycles. The summed E-state index contributed by atoms with van der Waals surface area (Å²) in [4.78, 5) is 12.3. The standard InChI is InChI=1S/C5H4FNO2/c6-4-3(8)1-2-7-5(4)9/h1-2H,(H2,7,8,9). The number of pyridine rings is 1. The Morgan fingerprint density at radius 3 is 2.78 bits per heavy atom. The third-order valence-corrected chi connectivity index (χ3v) is 0.880. The van der Waals surface area contributed by atoms with E-state index in [0.29, 0.717) is 0 Å². The van der Waals surface area contributed by atoms with E-state index in [1.807, 2.05) is 4.98 Å². The fourth-order valence-electron chi connectivity index (χ4n) is 0.449. The third kappa shape index (κ3) is 0.910. The maximum absolute atomic E-state index is 12.1. The number of aromatic nitrogens is 1. The Kier molecular flexibility index (Phi) is 1.22. The summed E-state index contributed by atoms with van der Waals surface area (Å²) in [5.41, 5.74) is -0.907. The maximum Gasteiger partial charge on any atom is 0.287 e. The van der Waals surface area contributed by atoms with Crippen LogP contribution in [0.2, 0.25) is 0 Å². The van der Waals surface area contributed by atoms with Gasteiger partial charge in [-0.3, -0.25) is 4.79 Å². The molecule has 0 radical (unpaired) electrons. The van der Waals surface area contributed by atoms with Crippen LogP contribution in [0.15, 0.2) is 17.1 Å². The van der Waals surface area contributed by atoms with Gasteiger partial charge in [0.2, 0.25) is 5.82 Å². The zero-order valence-corrected chi connectivity index (χ0v) is 4.39. The first-order valence-electron chi connectivity index (χ1n) is 2.28. The van der Waals surface area contributed by atoms with Gasteiger partial charge < -0.3 is 10.1 Å². The summed E-state index contributed by atoms with van der Waals surface area (Å²) < 4.78 is 12.1. The highest BCUT2D eigenvalue weighted by Gasteiger charge is 2.00. The number of rotatable bonds is 0. The Hall–Kier alpha value is -1.32. The van der Waals surface area contributed by atoms with Crippen molar-refractivity contribution in [3.05, 3.63) is 28.4 Å². The normalized spacial score (nSPS) is 9.44. The molecule has 0 saturated carbocycles. The molecule has 0 aliphatic heterocycles. The molecule has 4 heteroatoms. The molecule has 3 nitrogen and oxygen atoms in total. The van der Waals surface area contributed by atoms with Gasteiger partial charge in [0.15, 0.2) is 5.75 Å². The second-order valence-electron chi connectivity index (χ2n) is 1.51. The van der Waals surface area contributed by atoms with Crippen LogP contribution in [0.4, 0.5) is 4.39 Å². The Morgan fingerprint density at radius 1 is 1.67 bits per heavy atom.